The Bertz CT molecular complexity index is 1010. The standard InChI is InChI=1S/C22H22ClN3O/c23-18-7-3-1-6-17(18)22(27)24-14-9-11-26-12-10-16-15-5-2-4-8-19(15)25-21(16)20(26)13-14/h1-8,14,20,25H,9-13H2,(H,24,27)/t14-,20+/m1/s1. The lowest BCUT2D eigenvalue weighted by molar-refractivity contribution is 0.0839. The van der Waals surface area contributed by atoms with Crippen molar-refractivity contribution in [1.29, 1.82) is 0 Å². The van der Waals surface area contributed by atoms with Gasteiger partial charge in [-0.3, -0.25) is 9.69 Å². The van der Waals surface area contributed by atoms with Crippen LogP contribution in [0.25, 0.3) is 10.9 Å². The molecule has 0 unspecified atom stereocenters. The maximum absolute atomic E-state index is 12.7. The molecule has 1 aromatic heterocycles. The molecule has 3 aromatic rings. The average molecular weight is 380 g/mol. The first-order valence-corrected chi connectivity index (χ1v) is 9.97. The number of halogens is 1. The van der Waals surface area contributed by atoms with Gasteiger partial charge in [-0.25, -0.2) is 0 Å². The second kappa shape index (κ2) is 6.70. The van der Waals surface area contributed by atoms with Gasteiger partial charge in [0.1, 0.15) is 0 Å². The number of benzene rings is 2. The Morgan fingerprint density at radius 2 is 1.93 bits per heavy atom. The van der Waals surface area contributed by atoms with Crippen molar-refractivity contribution in [2.24, 2.45) is 0 Å². The number of carbonyl (C=O) groups excluding carboxylic acids is 1. The van der Waals surface area contributed by atoms with Gasteiger partial charge in [0.2, 0.25) is 0 Å². The van der Waals surface area contributed by atoms with Crippen molar-refractivity contribution in [2.75, 3.05) is 13.1 Å². The minimum absolute atomic E-state index is 0.0771. The van der Waals surface area contributed by atoms with E-state index in [0.717, 1.165) is 32.4 Å². The second-order valence-corrected chi connectivity index (χ2v) is 7.95. The monoisotopic (exact) mass is 379 g/mol. The highest BCUT2D eigenvalue weighted by atomic mass is 35.5. The molecule has 4 nitrogen and oxygen atoms in total. The van der Waals surface area contributed by atoms with E-state index in [-0.39, 0.29) is 11.9 Å². The number of hydrogen-bond acceptors (Lipinski definition) is 2. The predicted octanol–water partition coefficient (Wildman–Crippen LogP) is 4.31. The Hall–Kier alpha value is -2.30. The molecule has 3 heterocycles. The van der Waals surface area contributed by atoms with E-state index in [1.807, 2.05) is 12.1 Å². The molecule has 1 amide bonds. The Balaban J connectivity index is 1.39. The van der Waals surface area contributed by atoms with Crippen molar-refractivity contribution in [1.82, 2.24) is 15.2 Å². The second-order valence-electron chi connectivity index (χ2n) is 7.54. The number of nitrogens with zero attached hydrogens (tertiary/aromatic N) is 1. The van der Waals surface area contributed by atoms with E-state index in [2.05, 4.69) is 39.5 Å². The summed E-state index contributed by atoms with van der Waals surface area (Å²) in [6.07, 6.45) is 2.99. The van der Waals surface area contributed by atoms with Crippen LogP contribution in [0.5, 0.6) is 0 Å². The fraction of sp³-hybridized carbons (Fsp3) is 0.318. The van der Waals surface area contributed by atoms with Crippen molar-refractivity contribution in [2.45, 2.75) is 31.3 Å². The molecule has 2 atom stereocenters. The number of aromatic amines is 1. The summed E-state index contributed by atoms with van der Waals surface area (Å²) >= 11 is 6.19. The molecular weight excluding hydrogens is 358 g/mol. The van der Waals surface area contributed by atoms with Crippen LogP contribution >= 0.6 is 11.6 Å². The Kier molecular flexibility index (Phi) is 4.18. The summed E-state index contributed by atoms with van der Waals surface area (Å²) in [6.45, 7) is 2.09. The van der Waals surface area contributed by atoms with Crippen LogP contribution < -0.4 is 5.32 Å². The summed E-state index contributed by atoms with van der Waals surface area (Å²) in [7, 11) is 0. The third-order valence-electron chi connectivity index (χ3n) is 6.00. The zero-order chi connectivity index (χ0) is 18.4. The molecule has 138 valence electrons. The Morgan fingerprint density at radius 1 is 1.11 bits per heavy atom. The number of para-hydroxylation sites is 1. The highest BCUT2D eigenvalue weighted by Gasteiger charge is 2.36. The highest BCUT2D eigenvalue weighted by molar-refractivity contribution is 6.33. The Morgan fingerprint density at radius 3 is 2.81 bits per heavy atom. The molecule has 2 aromatic carbocycles. The third kappa shape index (κ3) is 2.93. The molecule has 5 rings (SSSR count). The fourth-order valence-corrected chi connectivity index (χ4v) is 4.87. The quantitative estimate of drug-likeness (QED) is 0.696. The van der Waals surface area contributed by atoms with Gasteiger partial charge in [-0.05, 0) is 43.0 Å². The van der Waals surface area contributed by atoms with E-state index in [0.29, 0.717) is 16.6 Å². The van der Waals surface area contributed by atoms with Gasteiger partial charge in [0.25, 0.3) is 5.91 Å². The number of H-pyrrole nitrogens is 1. The minimum Gasteiger partial charge on any atom is -0.357 e. The zero-order valence-electron chi connectivity index (χ0n) is 15.0. The van der Waals surface area contributed by atoms with Gasteiger partial charge in [-0.1, -0.05) is 41.9 Å². The fourth-order valence-electron chi connectivity index (χ4n) is 4.65. The van der Waals surface area contributed by atoms with Crippen molar-refractivity contribution in [3.05, 3.63) is 70.4 Å². The van der Waals surface area contributed by atoms with Crippen LogP contribution in [-0.4, -0.2) is 34.9 Å². The topological polar surface area (TPSA) is 48.1 Å². The van der Waals surface area contributed by atoms with E-state index >= 15 is 0 Å². The summed E-state index contributed by atoms with van der Waals surface area (Å²) in [5.74, 6) is -0.0771. The van der Waals surface area contributed by atoms with E-state index < -0.39 is 0 Å². The summed E-state index contributed by atoms with van der Waals surface area (Å²) in [5, 5.41) is 5.05. The van der Waals surface area contributed by atoms with E-state index in [9.17, 15) is 4.79 Å². The first-order valence-electron chi connectivity index (χ1n) is 9.59. The lowest BCUT2D eigenvalue weighted by Gasteiger charge is -2.42. The molecule has 0 radical (unpaired) electrons. The van der Waals surface area contributed by atoms with Gasteiger partial charge in [0.05, 0.1) is 16.6 Å². The van der Waals surface area contributed by atoms with Crippen molar-refractivity contribution in [3.63, 3.8) is 0 Å². The van der Waals surface area contributed by atoms with Crippen molar-refractivity contribution in [3.8, 4) is 0 Å². The van der Waals surface area contributed by atoms with Gasteiger partial charge in [0, 0.05) is 35.7 Å². The molecule has 1 fully saturated rings. The first kappa shape index (κ1) is 16.8. The molecule has 0 bridgehead atoms. The molecular formula is C22H22ClN3O. The van der Waals surface area contributed by atoms with E-state index in [1.165, 1.54) is 22.2 Å². The number of fused-ring (bicyclic) bond motifs is 5. The Labute approximate surface area is 163 Å². The summed E-state index contributed by atoms with van der Waals surface area (Å²) in [5.41, 5.74) is 4.55. The molecule has 0 saturated carbocycles. The van der Waals surface area contributed by atoms with Crippen LogP contribution in [0.15, 0.2) is 48.5 Å². The average Bonchev–Trinajstić information content (AvgIpc) is 3.07. The van der Waals surface area contributed by atoms with Crippen molar-refractivity contribution < 1.29 is 4.79 Å². The summed E-state index contributed by atoms with van der Waals surface area (Å²) in [4.78, 5) is 18.9. The molecule has 5 heteroatoms. The SMILES string of the molecule is O=C(N[C@@H]1CCN2CCc3c([nH]c4ccccc34)[C@@H]2C1)c1ccccc1Cl. The maximum Gasteiger partial charge on any atom is 0.253 e. The van der Waals surface area contributed by atoms with Crippen LogP contribution in [0.3, 0.4) is 0 Å². The van der Waals surface area contributed by atoms with Gasteiger partial charge < -0.3 is 10.3 Å². The highest BCUT2D eigenvalue weighted by Crippen LogP contribution is 2.39. The minimum atomic E-state index is -0.0771. The molecule has 0 spiro atoms. The molecule has 0 aliphatic carbocycles. The van der Waals surface area contributed by atoms with Crippen LogP contribution in [0.1, 0.15) is 40.5 Å². The number of rotatable bonds is 2. The molecule has 2 aliphatic rings. The number of carbonyl (C=O) groups is 1. The van der Waals surface area contributed by atoms with Gasteiger partial charge in [-0.15, -0.1) is 0 Å². The van der Waals surface area contributed by atoms with E-state index in [4.69, 9.17) is 11.6 Å². The first-order chi connectivity index (χ1) is 13.2. The van der Waals surface area contributed by atoms with Crippen LogP contribution in [0.4, 0.5) is 0 Å². The third-order valence-corrected chi connectivity index (χ3v) is 6.33. The van der Waals surface area contributed by atoms with Crippen molar-refractivity contribution >= 4 is 28.4 Å². The van der Waals surface area contributed by atoms with Gasteiger partial charge in [-0.2, -0.15) is 0 Å². The predicted molar refractivity (Wildman–Crippen MR) is 108 cm³/mol. The van der Waals surface area contributed by atoms with Gasteiger partial charge >= 0.3 is 0 Å². The lowest BCUT2D eigenvalue weighted by atomic mass is 9.88. The summed E-state index contributed by atoms with van der Waals surface area (Å²) in [6, 6.07) is 16.3. The molecule has 27 heavy (non-hydrogen) atoms. The number of hydrogen-bond donors (Lipinski definition) is 2. The van der Waals surface area contributed by atoms with Gasteiger partial charge in [0.15, 0.2) is 0 Å². The van der Waals surface area contributed by atoms with Crippen LogP contribution in [0, 0.1) is 0 Å². The van der Waals surface area contributed by atoms with Crippen LogP contribution in [-0.2, 0) is 6.42 Å². The largest absolute Gasteiger partial charge is 0.357 e. The maximum atomic E-state index is 12.7. The number of aromatic nitrogens is 1. The van der Waals surface area contributed by atoms with Crippen LogP contribution in [0.2, 0.25) is 5.02 Å². The number of amides is 1. The molecule has 1 saturated heterocycles. The number of nitrogens with one attached hydrogen (secondary N) is 2. The lowest BCUT2D eigenvalue weighted by Crippen LogP contribution is -2.48. The summed E-state index contributed by atoms with van der Waals surface area (Å²) < 4.78 is 0. The number of piperidine rings is 1. The van der Waals surface area contributed by atoms with E-state index in [1.54, 1.807) is 12.1 Å². The molecule has 2 aliphatic heterocycles. The molecule has 2 N–H and O–H groups in total. The zero-order valence-corrected chi connectivity index (χ0v) is 15.8. The normalized spacial score (nSPS) is 22.3. The smallest absolute Gasteiger partial charge is 0.253 e.